The number of aromatic amines is 1. The van der Waals surface area contributed by atoms with Crippen LogP contribution in [0.2, 0.25) is 0 Å². The normalized spacial score (nSPS) is 18.5. The predicted molar refractivity (Wildman–Crippen MR) is 153 cm³/mol. The number of benzene rings is 3. The molecule has 41 heavy (non-hydrogen) atoms. The molecule has 3 N–H and O–H groups in total. The minimum absolute atomic E-state index is 0.122. The van der Waals surface area contributed by atoms with E-state index in [1.54, 1.807) is 31.3 Å². The molecule has 1 amide bonds. The number of hydrogen-bond donors (Lipinski definition) is 3. The lowest BCUT2D eigenvalue weighted by atomic mass is 9.91. The van der Waals surface area contributed by atoms with Gasteiger partial charge in [0.1, 0.15) is 5.82 Å². The molecule has 0 aliphatic carbocycles. The monoisotopic (exact) mass is 550 g/mol. The molecule has 0 atom stereocenters. The van der Waals surface area contributed by atoms with Gasteiger partial charge in [-0.15, -0.1) is 0 Å². The minimum Gasteiger partial charge on any atom is -0.345 e. The minimum atomic E-state index is -0.897. The van der Waals surface area contributed by atoms with Crippen LogP contribution in [0.1, 0.15) is 19.0 Å². The summed E-state index contributed by atoms with van der Waals surface area (Å²) in [7, 11) is 0. The number of imidazole rings is 1. The molecular weight excluding hydrogens is 523 g/mol. The van der Waals surface area contributed by atoms with Gasteiger partial charge in [0.05, 0.1) is 35.7 Å². The molecule has 1 fully saturated rings. The van der Waals surface area contributed by atoms with Crippen LogP contribution in [0.5, 0.6) is 0 Å². The first-order valence-corrected chi connectivity index (χ1v) is 13.1. The van der Waals surface area contributed by atoms with Gasteiger partial charge in [-0.2, -0.15) is 0 Å². The number of carbonyl (C=O) groups excluding carboxylic acids is 1. The molecular formula is C31H27FN6O3. The number of ether oxygens (including phenoxy) is 2. The molecule has 5 aromatic rings. The third kappa shape index (κ3) is 5.84. The summed E-state index contributed by atoms with van der Waals surface area (Å²) in [6.45, 7) is 2.04. The van der Waals surface area contributed by atoms with Crippen LogP contribution in [0.25, 0.3) is 22.6 Å². The Balaban J connectivity index is 1.26. The molecule has 3 heterocycles. The lowest BCUT2D eigenvalue weighted by Gasteiger charge is -2.35. The number of aromatic nitrogens is 4. The lowest BCUT2D eigenvalue weighted by molar-refractivity contribution is -0.229. The summed E-state index contributed by atoms with van der Waals surface area (Å²) in [5.41, 5.74) is 3.04. The Morgan fingerprint density at radius 2 is 1.56 bits per heavy atom. The summed E-state index contributed by atoms with van der Waals surface area (Å²) in [5.74, 6) is 0.254. The molecule has 1 aliphatic heterocycles. The van der Waals surface area contributed by atoms with E-state index in [-0.39, 0.29) is 24.9 Å². The van der Waals surface area contributed by atoms with Crippen molar-refractivity contribution >= 4 is 23.2 Å². The van der Waals surface area contributed by atoms with E-state index in [9.17, 15) is 9.18 Å². The first kappa shape index (κ1) is 26.3. The van der Waals surface area contributed by atoms with Crippen molar-refractivity contribution in [1.82, 2.24) is 19.9 Å². The highest BCUT2D eigenvalue weighted by Crippen LogP contribution is 2.36. The zero-order chi connectivity index (χ0) is 28.2. The Labute approximate surface area is 235 Å². The maximum atomic E-state index is 13.7. The van der Waals surface area contributed by atoms with E-state index in [1.807, 2.05) is 60.7 Å². The van der Waals surface area contributed by atoms with Crippen LogP contribution in [0, 0.1) is 11.2 Å². The first-order chi connectivity index (χ1) is 20.0. The summed E-state index contributed by atoms with van der Waals surface area (Å²) >= 11 is 0. The number of H-pyrrole nitrogens is 1. The van der Waals surface area contributed by atoms with Gasteiger partial charge in [-0.05, 0) is 61.5 Å². The van der Waals surface area contributed by atoms with Crippen LogP contribution in [-0.2, 0) is 14.3 Å². The van der Waals surface area contributed by atoms with E-state index in [1.165, 1.54) is 12.1 Å². The zero-order valence-corrected chi connectivity index (χ0v) is 22.2. The van der Waals surface area contributed by atoms with Crippen molar-refractivity contribution in [3.63, 3.8) is 0 Å². The van der Waals surface area contributed by atoms with E-state index in [0.29, 0.717) is 40.1 Å². The van der Waals surface area contributed by atoms with Gasteiger partial charge >= 0.3 is 0 Å². The summed E-state index contributed by atoms with van der Waals surface area (Å²) in [4.78, 5) is 30.1. The zero-order valence-electron chi connectivity index (χ0n) is 22.2. The third-order valence-electron chi connectivity index (χ3n) is 6.69. The highest BCUT2D eigenvalue weighted by Gasteiger charge is 2.41. The number of amides is 1. The molecule has 10 heteroatoms. The predicted octanol–water partition coefficient (Wildman–Crippen LogP) is 6.11. The second-order valence-electron chi connectivity index (χ2n) is 9.94. The fourth-order valence-corrected chi connectivity index (χ4v) is 4.42. The second kappa shape index (κ2) is 11.3. The van der Waals surface area contributed by atoms with Crippen LogP contribution in [0.3, 0.4) is 0 Å². The standard InChI is InChI=1S/C31H27FN6O3/c1-31(29(39)34-22-8-4-2-5-9-22)18-40-28(41-19-31)27-37-25(20-12-14-21(32)15-13-20)26(38-27)24-16-17-33-30(36-24)35-23-10-6-3-7-11-23/h2-17,28H,18-19H2,1H3,(H,34,39)(H,37,38)(H,33,35,36). The van der Waals surface area contributed by atoms with E-state index in [0.717, 1.165) is 5.69 Å². The van der Waals surface area contributed by atoms with Crippen molar-refractivity contribution in [1.29, 1.82) is 0 Å². The highest BCUT2D eigenvalue weighted by atomic mass is 19.1. The summed E-state index contributed by atoms with van der Waals surface area (Å²) in [6.07, 6.45) is 0.803. The number of hydrogen-bond acceptors (Lipinski definition) is 7. The number of rotatable bonds is 7. The highest BCUT2D eigenvalue weighted by molar-refractivity contribution is 5.95. The molecule has 6 rings (SSSR count). The number of para-hydroxylation sites is 2. The van der Waals surface area contributed by atoms with Crippen molar-refractivity contribution in [2.24, 2.45) is 5.41 Å². The van der Waals surface area contributed by atoms with Crippen LogP contribution in [0.15, 0.2) is 97.2 Å². The van der Waals surface area contributed by atoms with E-state index in [4.69, 9.17) is 14.5 Å². The van der Waals surface area contributed by atoms with Crippen molar-refractivity contribution in [2.45, 2.75) is 13.2 Å². The molecule has 0 radical (unpaired) electrons. The van der Waals surface area contributed by atoms with Crippen molar-refractivity contribution < 1.29 is 18.7 Å². The lowest BCUT2D eigenvalue weighted by Crippen LogP contribution is -2.45. The Bertz CT molecular complexity index is 1640. The Kier molecular flexibility index (Phi) is 7.24. The van der Waals surface area contributed by atoms with Crippen LogP contribution in [-0.4, -0.2) is 39.1 Å². The Hall–Kier alpha value is -4.93. The van der Waals surface area contributed by atoms with Gasteiger partial charge in [-0.25, -0.2) is 19.3 Å². The Morgan fingerprint density at radius 1 is 0.902 bits per heavy atom. The number of halogens is 1. The summed E-state index contributed by atoms with van der Waals surface area (Å²) < 4.78 is 25.8. The Morgan fingerprint density at radius 3 is 2.24 bits per heavy atom. The van der Waals surface area contributed by atoms with Gasteiger partial charge in [0, 0.05) is 23.1 Å². The van der Waals surface area contributed by atoms with Crippen molar-refractivity contribution in [2.75, 3.05) is 23.8 Å². The quantitative estimate of drug-likeness (QED) is 0.224. The topological polar surface area (TPSA) is 114 Å². The molecule has 206 valence electrons. The fourth-order valence-electron chi connectivity index (χ4n) is 4.42. The smallest absolute Gasteiger partial charge is 0.234 e. The maximum Gasteiger partial charge on any atom is 0.234 e. The van der Waals surface area contributed by atoms with E-state index < -0.39 is 11.7 Å². The van der Waals surface area contributed by atoms with E-state index in [2.05, 4.69) is 25.6 Å². The van der Waals surface area contributed by atoms with E-state index >= 15 is 0 Å². The van der Waals surface area contributed by atoms with Gasteiger partial charge in [-0.1, -0.05) is 36.4 Å². The number of nitrogens with zero attached hydrogens (tertiary/aromatic N) is 3. The number of anilines is 3. The van der Waals surface area contributed by atoms with Gasteiger partial charge in [0.15, 0.2) is 5.82 Å². The fraction of sp³-hybridized carbons (Fsp3) is 0.161. The van der Waals surface area contributed by atoms with Gasteiger partial charge in [0.2, 0.25) is 18.1 Å². The summed E-state index contributed by atoms with van der Waals surface area (Å²) in [6, 6.07) is 26.6. The molecule has 0 saturated carbocycles. The molecule has 0 spiro atoms. The number of nitrogens with one attached hydrogen (secondary N) is 3. The molecule has 9 nitrogen and oxygen atoms in total. The second-order valence-corrected chi connectivity index (χ2v) is 9.94. The van der Waals surface area contributed by atoms with Crippen LogP contribution < -0.4 is 10.6 Å². The molecule has 0 unspecified atom stereocenters. The van der Waals surface area contributed by atoms with Gasteiger partial charge in [-0.3, -0.25) is 4.79 Å². The van der Waals surface area contributed by atoms with Gasteiger partial charge in [0.25, 0.3) is 0 Å². The average Bonchev–Trinajstić information content (AvgIpc) is 3.45. The largest absolute Gasteiger partial charge is 0.345 e. The SMILES string of the molecule is CC1(C(=O)Nc2ccccc2)COC(c2nc(-c3ccc(F)cc3)c(-c3ccnc(Nc4ccccc4)n3)[nH]2)OC1. The van der Waals surface area contributed by atoms with Crippen molar-refractivity contribution in [3.05, 3.63) is 109 Å². The maximum absolute atomic E-state index is 13.7. The van der Waals surface area contributed by atoms with Crippen molar-refractivity contribution in [3.8, 4) is 22.6 Å². The summed E-state index contributed by atoms with van der Waals surface area (Å²) in [5, 5.41) is 6.11. The average molecular weight is 551 g/mol. The molecule has 3 aromatic carbocycles. The third-order valence-corrected chi connectivity index (χ3v) is 6.69. The first-order valence-electron chi connectivity index (χ1n) is 13.1. The molecule has 2 aromatic heterocycles. The number of carbonyl (C=O) groups is 1. The van der Waals surface area contributed by atoms with Gasteiger partial charge < -0.3 is 25.1 Å². The molecule has 1 saturated heterocycles. The van der Waals surface area contributed by atoms with Crippen LogP contribution in [0.4, 0.5) is 21.7 Å². The molecule has 0 bridgehead atoms. The molecule has 1 aliphatic rings. The van der Waals surface area contributed by atoms with Crippen LogP contribution >= 0.6 is 0 Å².